The van der Waals surface area contributed by atoms with Crippen LogP contribution in [-0.2, 0) is 4.79 Å². The Bertz CT molecular complexity index is 390. The van der Waals surface area contributed by atoms with Gasteiger partial charge in [0.05, 0.1) is 10.9 Å². The van der Waals surface area contributed by atoms with E-state index in [1.807, 2.05) is 32.9 Å². The molecule has 0 spiro atoms. The maximum absolute atomic E-state index is 11.9. The first-order valence-electron chi connectivity index (χ1n) is 5.93. The standard InChI is InChI=1S/C14H20BrNO/c1-9(2)13(15)14(17)16-11(4)12-8-6-5-7-10(12)3/h5-9,11,13H,1-4H3,(H,16,17)/t11-,13-/m1/s1. The first kappa shape index (κ1) is 14.2. The van der Waals surface area contributed by atoms with Crippen LogP contribution in [0.15, 0.2) is 24.3 Å². The summed E-state index contributed by atoms with van der Waals surface area (Å²) in [6, 6.07) is 8.17. The van der Waals surface area contributed by atoms with Crippen molar-refractivity contribution in [2.75, 3.05) is 0 Å². The van der Waals surface area contributed by atoms with Crippen molar-refractivity contribution in [3.8, 4) is 0 Å². The fraction of sp³-hybridized carbons (Fsp3) is 0.500. The highest BCUT2D eigenvalue weighted by atomic mass is 79.9. The predicted octanol–water partition coefficient (Wildman–Crippen LogP) is 3.59. The number of amides is 1. The Balaban J connectivity index is 2.70. The molecule has 94 valence electrons. The van der Waals surface area contributed by atoms with E-state index in [4.69, 9.17) is 0 Å². The molecule has 3 heteroatoms. The Labute approximate surface area is 112 Å². The van der Waals surface area contributed by atoms with E-state index in [9.17, 15) is 4.79 Å². The second-order valence-electron chi connectivity index (χ2n) is 4.73. The molecule has 0 fully saturated rings. The molecule has 0 radical (unpaired) electrons. The zero-order valence-corrected chi connectivity index (χ0v) is 12.4. The Kier molecular flexibility index (Phi) is 5.19. The smallest absolute Gasteiger partial charge is 0.234 e. The van der Waals surface area contributed by atoms with Crippen LogP contribution in [0.25, 0.3) is 0 Å². The first-order chi connectivity index (χ1) is 7.93. The Morgan fingerprint density at radius 2 is 1.82 bits per heavy atom. The van der Waals surface area contributed by atoms with E-state index in [1.165, 1.54) is 11.1 Å². The minimum Gasteiger partial charge on any atom is -0.349 e. The highest BCUT2D eigenvalue weighted by Crippen LogP contribution is 2.19. The van der Waals surface area contributed by atoms with E-state index in [2.05, 4.69) is 40.3 Å². The number of carbonyl (C=O) groups is 1. The molecule has 0 aromatic heterocycles. The Morgan fingerprint density at radius 1 is 1.24 bits per heavy atom. The number of halogens is 1. The molecule has 1 N–H and O–H groups in total. The van der Waals surface area contributed by atoms with Crippen molar-refractivity contribution in [3.05, 3.63) is 35.4 Å². The summed E-state index contributed by atoms with van der Waals surface area (Å²) in [6.45, 7) is 8.13. The second kappa shape index (κ2) is 6.20. The molecule has 0 saturated heterocycles. The third-order valence-electron chi connectivity index (χ3n) is 2.85. The molecule has 1 aromatic rings. The maximum Gasteiger partial charge on any atom is 0.234 e. The Hall–Kier alpha value is -0.830. The van der Waals surface area contributed by atoms with Gasteiger partial charge in [0.25, 0.3) is 0 Å². The molecule has 0 heterocycles. The zero-order chi connectivity index (χ0) is 13.0. The van der Waals surface area contributed by atoms with Gasteiger partial charge in [0.2, 0.25) is 5.91 Å². The van der Waals surface area contributed by atoms with Crippen molar-refractivity contribution in [2.45, 2.75) is 38.6 Å². The van der Waals surface area contributed by atoms with Gasteiger partial charge >= 0.3 is 0 Å². The number of rotatable bonds is 4. The summed E-state index contributed by atoms with van der Waals surface area (Å²) < 4.78 is 0. The molecule has 2 nitrogen and oxygen atoms in total. The van der Waals surface area contributed by atoms with E-state index in [1.54, 1.807) is 0 Å². The quantitative estimate of drug-likeness (QED) is 0.846. The van der Waals surface area contributed by atoms with Gasteiger partial charge in [-0.2, -0.15) is 0 Å². The highest BCUT2D eigenvalue weighted by molar-refractivity contribution is 9.10. The van der Waals surface area contributed by atoms with Gasteiger partial charge in [0.1, 0.15) is 0 Å². The fourth-order valence-electron chi connectivity index (χ4n) is 1.75. The molecule has 1 amide bonds. The maximum atomic E-state index is 11.9. The largest absolute Gasteiger partial charge is 0.349 e. The number of hydrogen-bond acceptors (Lipinski definition) is 1. The lowest BCUT2D eigenvalue weighted by Crippen LogP contribution is -2.35. The van der Waals surface area contributed by atoms with Gasteiger partial charge in [-0.1, -0.05) is 54.0 Å². The number of carbonyl (C=O) groups excluding carboxylic acids is 1. The minimum atomic E-state index is -0.131. The summed E-state index contributed by atoms with van der Waals surface area (Å²) in [5, 5.41) is 3.03. The molecular weight excluding hydrogens is 278 g/mol. The number of nitrogens with one attached hydrogen (secondary N) is 1. The van der Waals surface area contributed by atoms with Crippen LogP contribution in [0.2, 0.25) is 0 Å². The first-order valence-corrected chi connectivity index (χ1v) is 6.85. The molecule has 1 rings (SSSR count). The van der Waals surface area contributed by atoms with Crippen molar-refractivity contribution in [2.24, 2.45) is 5.92 Å². The van der Waals surface area contributed by atoms with Gasteiger partial charge in [-0.25, -0.2) is 0 Å². The lowest BCUT2D eigenvalue weighted by molar-refractivity contribution is -0.121. The van der Waals surface area contributed by atoms with Crippen LogP contribution in [0, 0.1) is 12.8 Å². The van der Waals surface area contributed by atoms with E-state index in [0.29, 0.717) is 5.92 Å². The number of aryl methyl sites for hydroxylation is 1. The fourth-order valence-corrected chi connectivity index (χ4v) is 1.88. The molecule has 0 unspecified atom stereocenters. The molecule has 17 heavy (non-hydrogen) atoms. The third-order valence-corrected chi connectivity index (χ3v) is 4.32. The topological polar surface area (TPSA) is 29.1 Å². The van der Waals surface area contributed by atoms with E-state index >= 15 is 0 Å². The minimum absolute atomic E-state index is 0.0440. The van der Waals surface area contributed by atoms with Crippen LogP contribution in [0.1, 0.15) is 37.9 Å². The van der Waals surface area contributed by atoms with Gasteiger partial charge in [-0.3, -0.25) is 4.79 Å². The summed E-state index contributed by atoms with van der Waals surface area (Å²) in [5.41, 5.74) is 2.38. The molecule has 0 aliphatic carbocycles. The third kappa shape index (κ3) is 3.84. The monoisotopic (exact) mass is 297 g/mol. The zero-order valence-electron chi connectivity index (χ0n) is 10.8. The molecule has 1 aromatic carbocycles. The van der Waals surface area contributed by atoms with Crippen LogP contribution in [0.5, 0.6) is 0 Å². The normalized spacial score (nSPS) is 14.5. The molecule has 0 saturated carbocycles. The summed E-state index contributed by atoms with van der Waals surface area (Å²) in [4.78, 5) is 11.8. The SMILES string of the molecule is Cc1ccccc1[C@@H](C)NC(=O)[C@H](Br)C(C)C. The van der Waals surface area contributed by atoms with Crippen LogP contribution < -0.4 is 5.32 Å². The van der Waals surface area contributed by atoms with Crippen molar-refractivity contribution in [1.82, 2.24) is 5.32 Å². The van der Waals surface area contributed by atoms with Gasteiger partial charge in [-0.05, 0) is 30.9 Å². The Morgan fingerprint density at radius 3 is 2.35 bits per heavy atom. The van der Waals surface area contributed by atoms with Crippen molar-refractivity contribution in [3.63, 3.8) is 0 Å². The van der Waals surface area contributed by atoms with Gasteiger partial charge < -0.3 is 5.32 Å². The van der Waals surface area contributed by atoms with E-state index in [-0.39, 0.29) is 16.8 Å². The summed E-state index contributed by atoms with van der Waals surface area (Å²) in [6.07, 6.45) is 0. The average Bonchev–Trinajstić information content (AvgIpc) is 2.28. The molecule has 0 bridgehead atoms. The van der Waals surface area contributed by atoms with Crippen LogP contribution in [0.3, 0.4) is 0 Å². The second-order valence-corrected chi connectivity index (χ2v) is 5.72. The molecular formula is C14H20BrNO. The molecule has 0 aliphatic heterocycles. The lowest BCUT2D eigenvalue weighted by atomic mass is 10.0. The van der Waals surface area contributed by atoms with Crippen molar-refractivity contribution >= 4 is 21.8 Å². The highest BCUT2D eigenvalue weighted by Gasteiger charge is 2.20. The number of alkyl halides is 1. The number of benzene rings is 1. The van der Waals surface area contributed by atoms with Crippen LogP contribution in [-0.4, -0.2) is 10.7 Å². The van der Waals surface area contributed by atoms with E-state index in [0.717, 1.165) is 0 Å². The summed E-state index contributed by atoms with van der Waals surface area (Å²) in [5.74, 6) is 0.342. The van der Waals surface area contributed by atoms with Crippen molar-refractivity contribution in [1.29, 1.82) is 0 Å². The van der Waals surface area contributed by atoms with Gasteiger partial charge in [0.15, 0.2) is 0 Å². The van der Waals surface area contributed by atoms with Crippen LogP contribution >= 0.6 is 15.9 Å². The van der Waals surface area contributed by atoms with Crippen molar-refractivity contribution < 1.29 is 4.79 Å². The summed E-state index contributed by atoms with van der Waals surface area (Å²) in [7, 11) is 0. The van der Waals surface area contributed by atoms with Crippen LogP contribution in [0.4, 0.5) is 0 Å². The lowest BCUT2D eigenvalue weighted by Gasteiger charge is -2.20. The van der Waals surface area contributed by atoms with E-state index < -0.39 is 0 Å². The molecule has 0 aliphatic rings. The van der Waals surface area contributed by atoms with Gasteiger partial charge in [-0.15, -0.1) is 0 Å². The van der Waals surface area contributed by atoms with Gasteiger partial charge in [0, 0.05) is 0 Å². The average molecular weight is 298 g/mol. The summed E-state index contributed by atoms with van der Waals surface area (Å²) >= 11 is 3.42. The molecule has 2 atom stereocenters. The number of hydrogen-bond donors (Lipinski definition) is 1. The predicted molar refractivity (Wildman–Crippen MR) is 75.3 cm³/mol.